The van der Waals surface area contributed by atoms with Gasteiger partial charge in [-0.1, -0.05) is 0 Å². The maximum Gasteiger partial charge on any atom is 0.255 e. The van der Waals surface area contributed by atoms with Crippen LogP contribution < -0.4 is 15.6 Å². The normalized spacial score (nSPS) is 19.2. The van der Waals surface area contributed by atoms with Crippen LogP contribution in [0.25, 0.3) is 10.8 Å². The molecule has 1 aliphatic rings. The summed E-state index contributed by atoms with van der Waals surface area (Å²) in [5.74, 6) is 0.889. The van der Waals surface area contributed by atoms with Gasteiger partial charge in [-0.25, -0.2) is 0 Å². The molecule has 1 aromatic heterocycles. The van der Waals surface area contributed by atoms with Crippen LogP contribution in [0.5, 0.6) is 5.75 Å². The van der Waals surface area contributed by atoms with Crippen molar-refractivity contribution in [1.29, 1.82) is 0 Å². The lowest BCUT2D eigenvalue weighted by atomic mass is 10.0. The first-order valence-corrected chi connectivity index (χ1v) is 7.15. The highest BCUT2D eigenvalue weighted by molar-refractivity contribution is 5.86. The van der Waals surface area contributed by atoms with Gasteiger partial charge in [0.25, 0.3) is 5.56 Å². The number of H-pyrrole nitrogens is 1. The highest BCUT2D eigenvalue weighted by Gasteiger charge is 2.16. The van der Waals surface area contributed by atoms with Gasteiger partial charge in [0.05, 0.1) is 0 Å². The molecule has 2 N–H and O–H groups in total. The Morgan fingerprint density at radius 3 is 2.80 bits per heavy atom. The predicted octanol–water partition coefficient (Wildman–Crippen LogP) is 2.28. The van der Waals surface area contributed by atoms with Crippen LogP contribution in [0.15, 0.2) is 23.1 Å². The third-order valence-electron chi connectivity index (χ3n) is 3.95. The van der Waals surface area contributed by atoms with Crippen molar-refractivity contribution in [2.75, 3.05) is 13.1 Å². The number of hydrogen-bond acceptors (Lipinski definition) is 3. The van der Waals surface area contributed by atoms with E-state index in [9.17, 15) is 4.79 Å². The van der Waals surface area contributed by atoms with E-state index < -0.39 is 0 Å². The van der Waals surface area contributed by atoms with Crippen LogP contribution in [0.4, 0.5) is 0 Å². The maximum absolute atomic E-state index is 11.9. The molecule has 4 nitrogen and oxygen atoms in total. The molecule has 2 heterocycles. The predicted molar refractivity (Wildman–Crippen MR) is 80.6 cm³/mol. The first-order valence-electron chi connectivity index (χ1n) is 7.15. The molecule has 0 spiro atoms. The number of rotatable bonds is 2. The third kappa shape index (κ3) is 2.43. The first kappa shape index (κ1) is 13.2. The summed E-state index contributed by atoms with van der Waals surface area (Å²) in [6, 6.07) is 3.93. The minimum absolute atomic E-state index is 0.0421. The van der Waals surface area contributed by atoms with Gasteiger partial charge >= 0.3 is 0 Å². The Balaban J connectivity index is 2.01. The number of ether oxygens (including phenoxy) is 1. The zero-order valence-electron chi connectivity index (χ0n) is 12.0. The number of fused-ring (bicyclic) bond motifs is 1. The molecule has 1 unspecified atom stereocenters. The summed E-state index contributed by atoms with van der Waals surface area (Å²) in [5, 5.41) is 5.06. The molecular formula is C16H20N2O2. The third-order valence-corrected chi connectivity index (χ3v) is 3.95. The van der Waals surface area contributed by atoms with Crippen molar-refractivity contribution in [3.8, 4) is 5.75 Å². The van der Waals surface area contributed by atoms with Gasteiger partial charge in [0, 0.05) is 18.1 Å². The lowest BCUT2D eigenvalue weighted by Crippen LogP contribution is -2.37. The second-order valence-corrected chi connectivity index (χ2v) is 5.55. The number of aromatic nitrogens is 1. The minimum atomic E-state index is -0.0421. The highest BCUT2D eigenvalue weighted by Crippen LogP contribution is 2.27. The van der Waals surface area contributed by atoms with Crippen molar-refractivity contribution in [2.45, 2.75) is 32.8 Å². The van der Waals surface area contributed by atoms with Crippen LogP contribution in [0.2, 0.25) is 0 Å². The SMILES string of the molecule is Cc1cc2c(=O)[nH]cc(C)c2cc1OC1CCCNC1. The van der Waals surface area contributed by atoms with Crippen LogP contribution >= 0.6 is 0 Å². The number of nitrogens with one attached hydrogen (secondary N) is 2. The quantitative estimate of drug-likeness (QED) is 0.882. The van der Waals surface area contributed by atoms with E-state index in [2.05, 4.69) is 10.3 Å². The topological polar surface area (TPSA) is 54.1 Å². The molecule has 3 rings (SSSR count). The number of aromatic amines is 1. The van der Waals surface area contributed by atoms with Gasteiger partial charge < -0.3 is 15.0 Å². The second-order valence-electron chi connectivity index (χ2n) is 5.55. The average molecular weight is 272 g/mol. The van der Waals surface area contributed by atoms with Crippen molar-refractivity contribution in [3.05, 3.63) is 39.8 Å². The van der Waals surface area contributed by atoms with Gasteiger partial charge in [0.15, 0.2) is 0 Å². The molecule has 106 valence electrons. The van der Waals surface area contributed by atoms with Crippen LogP contribution in [-0.2, 0) is 0 Å². The largest absolute Gasteiger partial charge is 0.489 e. The van der Waals surface area contributed by atoms with Gasteiger partial charge in [-0.05, 0) is 61.9 Å². The van der Waals surface area contributed by atoms with E-state index in [1.54, 1.807) is 6.20 Å². The van der Waals surface area contributed by atoms with Gasteiger partial charge in [-0.2, -0.15) is 0 Å². The molecule has 1 aliphatic heterocycles. The van der Waals surface area contributed by atoms with Crippen molar-refractivity contribution >= 4 is 10.8 Å². The van der Waals surface area contributed by atoms with Crippen molar-refractivity contribution in [1.82, 2.24) is 10.3 Å². The smallest absolute Gasteiger partial charge is 0.255 e. The van der Waals surface area contributed by atoms with E-state index >= 15 is 0 Å². The second kappa shape index (κ2) is 5.29. The lowest BCUT2D eigenvalue weighted by molar-refractivity contribution is 0.166. The molecule has 1 saturated heterocycles. The van der Waals surface area contributed by atoms with Gasteiger partial charge in [-0.15, -0.1) is 0 Å². The van der Waals surface area contributed by atoms with Gasteiger partial charge in [-0.3, -0.25) is 4.79 Å². The summed E-state index contributed by atoms with van der Waals surface area (Å²) < 4.78 is 6.11. The Morgan fingerprint density at radius 2 is 2.05 bits per heavy atom. The van der Waals surface area contributed by atoms with Crippen molar-refractivity contribution in [2.24, 2.45) is 0 Å². The number of aryl methyl sites for hydroxylation is 2. The van der Waals surface area contributed by atoms with Crippen LogP contribution in [0.1, 0.15) is 24.0 Å². The molecule has 0 saturated carbocycles. The molecule has 1 atom stereocenters. The van der Waals surface area contributed by atoms with Crippen LogP contribution in [0.3, 0.4) is 0 Å². The molecule has 1 aromatic carbocycles. The molecule has 0 radical (unpaired) electrons. The Labute approximate surface area is 118 Å². The van der Waals surface area contributed by atoms with E-state index in [4.69, 9.17) is 4.74 Å². The Bertz CT molecular complexity index is 685. The molecule has 20 heavy (non-hydrogen) atoms. The molecule has 1 fully saturated rings. The zero-order valence-corrected chi connectivity index (χ0v) is 12.0. The number of pyridine rings is 1. The van der Waals surface area contributed by atoms with Crippen LogP contribution in [0, 0.1) is 13.8 Å². The summed E-state index contributed by atoms with van der Waals surface area (Å²) in [7, 11) is 0. The zero-order chi connectivity index (χ0) is 14.1. The maximum atomic E-state index is 11.9. The fraction of sp³-hybridized carbons (Fsp3) is 0.438. The fourth-order valence-electron chi connectivity index (χ4n) is 2.76. The van der Waals surface area contributed by atoms with E-state index in [1.807, 2.05) is 26.0 Å². The number of benzene rings is 1. The molecule has 0 amide bonds. The van der Waals surface area contributed by atoms with Crippen molar-refractivity contribution in [3.63, 3.8) is 0 Å². The Kier molecular flexibility index (Phi) is 3.49. The fourth-order valence-corrected chi connectivity index (χ4v) is 2.76. The van der Waals surface area contributed by atoms with E-state index in [-0.39, 0.29) is 11.7 Å². The van der Waals surface area contributed by atoms with Gasteiger partial charge in [0.1, 0.15) is 11.9 Å². The molecule has 4 heteroatoms. The molecule has 0 bridgehead atoms. The standard InChI is InChI=1S/C16H20N2O2/c1-10-6-14-13(11(2)8-18-16(14)19)7-15(10)20-12-4-3-5-17-9-12/h6-8,12,17H,3-5,9H2,1-2H3,(H,18,19). The summed E-state index contributed by atoms with van der Waals surface area (Å²) in [6.07, 6.45) is 4.21. The first-order chi connectivity index (χ1) is 9.65. The van der Waals surface area contributed by atoms with E-state index in [1.165, 1.54) is 0 Å². The summed E-state index contributed by atoms with van der Waals surface area (Å²) in [4.78, 5) is 14.6. The van der Waals surface area contributed by atoms with Crippen LogP contribution in [-0.4, -0.2) is 24.2 Å². The Morgan fingerprint density at radius 1 is 1.20 bits per heavy atom. The van der Waals surface area contributed by atoms with E-state index in [0.29, 0.717) is 0 Å². The summed E-state index contributed by atoms with van der Waals surface area (Å²) in [5.41, 5.74) is 2.03. The number of piperidine rings is 1. The molecule has 2 aromatic rings. The average Bonchev–Trinajstić information content (AvgIpc) is 2.46. The van der Waals surface area contributed by atoms with E-state index in [0.717, 1.165) is 53.6 Å². The van der Waals surface area contributed by atoms with Gasteiger partial charge in [0.2, 0.25) is 0 Å². The summed E-state index contributed by atoms with van der Waals surface area (Å²) in [6.45, 7) is 5.96. The molecular weight excluding hydrogens is 252 g/mol. The monoisotopic (exact) mass is 272 g/mol. The summed E-state index contributed by atoms with van der Waals surface area (Å²) >= 11 is 0. The minimum Gasteiger partial charge on any atom is -0.489 e. The molecule has 0 aliphatic carbocycles. The highest BCUT2D eigenvalue weighted by atomic mass is 16.5. The van der Waals surface area contributed by atoms with Crippen molar-refractivity contribution < 1.29 is 4.74 Å². The lowest BCUT2D eigenvalue weighted by Gasteiger charge is -2.25. The Hall–Kier alpha value is -1.81. The number of hydrogen-bond donors (Lipinski definition) is 2.